The molecular weight excluding hydrogens is 318 g/mol. The lowest BCUT2D eigenvalue weighted by molar-refractivity contribution is -0.132. The van der Waals surface area contributed by atoms with E-state index in [1.165, 1.54) is 17.5 Å². The monoisotopic (exact) mass is 341 g/mol. The Morgan fingerprint density at radius 1 is 1.28 bits per heavy atom. The average Bonchev–Trinajstić information content (AvgIpc) is 2.53. The Kier molecular flexibility index (Phi) is 5.97. The molecule has 0 bridgehead atoms. The number of hydroxylamine groups is 1. The molecule has 1 atom stereocenters. The zero-order chi connectivity index (χ0) is 18.4. The minimum absolute atomic E-state index is 0.378. The van der Waals surface area contributed by atoms with Gasteiger partial charge in [0.15, 0.2) is 0 Å². The van der Waals surface area contributed by atoms with Gasteiger partial charge in [0.2, 0.25) is 0 Å². The van der Waals surface area contributed by atoms with Gasteiger partial charge in [-0.2, -0.15) is 0 Å². The van der Waals surface area contributed by atoms with Gasteiger partial charge in [0.05, 0.1) is 0 Å². The molecule has 1 aliphatic carbocycles. The van der Waals surface area contributed by atoms with Crippen LogP contribution in [-0.2, 0) is 4.79 Å². The maximum absolute atomic E-state index is 12.3. The lowest BCUT2D eigenvalue weighted by Gasteiger charge is -2.29. The summed E-state index contributed by atoms with van der Waals surface area (Å²) in [7, 11) is 0. The van der Waals surface area contributed by atoms with Gasteiger partial charge in [-0.25, -0.2) is 5.48 Å². The van der Waals surface area contributed by atoms with E-state index in [9.17, 15) is 9.59 Å². The highest BCUT2D eigenvalue weighted by Gasteiger charge is 2.33. The lowest BCUT2D eigenvalue weighted by atomic mass is 9.92. The molecule has 132 valence electrons. The van der Waals surface area contributed by atoms with Gasteiger partial charge in [0.1, 0.15) is 6.04 Å². The van der Waals surface area contributed by atoms with Crippen LogP contribution in [-0.4, -0.2) is 28.6 Å². The van der Waals surface area contributed by atoms with Gasteiger partial charge in [-0.3, -0.25) is 14.8 Å². The molecule has 0 aliphatic heterocycles. The Morgan fingerprint density at radius 3 is 2.40 bits per heavy atom. The van der Waals surface area contributed by atoms with Gasteiger partial charge < -0.3 is 11.1 Å². The second-order valence-electron chi connectivity index (χ2n) is 6.71. The van der Waals surface area contributed by atoms with E-state index in [1.54, 1.807) is 38.1 Å². The average molecular weight is 341 g/mol. The van der Waals surface area contributed by atoms with Crippen LogP contribution in [0.15, 0.2) is 35.9 Å². The van der Waals surface area contributed by atoms with Crippen LogP contribution in [0.5, 0.6) is 0 Å². The van der Waals surface area contributed by atoms with E-state index in [1.807, 2.05) is 6.08 Å². The molecule has 5 N–H and O–H groups in total. The fourth-order valence-electron chi connectivity index (χ4n) is 2.32. The number of carbonyl (C=O) groups is 2. The van der Waals surface area contributed by atoms with Gasteiger partial charge in [-0.1, -0.05) is 17.4 Å². The molecular formula is C19H23N3O3. The number of allylic oxidation sites excluding steroid dienone is 2. The number of rotatable bonds is 4. The van der Waals surface area contributed by atoms with Gasteiger partial charge >= 0.3 is 0 Å². The van der Waals surface area contributed by atoms with Crippen LogP contribution >= 0.6 is 0 Å². The van der Waals surface area contributed by atoms with Crippen LogP contribution in [0.3, 0.4) is 0 Å². The number of benzene rings is 1. The summed E-state index contributed by atoms with van der Waals surface area (Å²) in [4.78, 5) is 24.0. The first kappa shape index (κ1) is 18.7. The van der Waals surface area contributed by atoms with Crippen molar-refractivity contribution in [2.45, 2.75) is 44.7 Å². The van der Waals surface area contributed by atoms with Crippen molar-refractivity contribution >= 4 is 11.8 Å². The van der Waals surface area contributed by atoms with Crippen molar-refractivity contribution in [1.82, 2.24) is 10.8 Å². The third-order valence-electron chi connectivity index (χ3n) is 4.03. The van der Waals surface area contributed by atoms with Crippen molar-refractivity contribution < 1.29 is 14.8 Å². The molecule has 0 saturated heterocycles. The number of nitrogens with one attached hydrogen (secondary N) is 2. The van der Waals surface area contributed by atoms with Crippen LogP contribution in [0.4, 0.5) is 0 Å². The SMILES string of the molecule is CC(C)(N)C(NC(=O)c1ccc(C#CC=C2CCC2)cc1)C(=O)NO. The summed E-state index contributed by atoms with van der Waals surface area (Å²) in [6, 6.07) is 5.69. The molecule has 0 aromatic heterocycles. The van der Waals surface area contributed by atoms with Gasteiger partial charge in [0, 0.05) is 16.7 Å². The van der Waals surface area contributed by atoms with Crippen LogP contribution in [0.1, 0.15) is 49.0 Å². The zero-order valence-electron chi connectivity index (χ0n) is 14.4. The first-order valence-electron chi connectivity index (χ1n) is 8.14. The Hall–Kier alpha value is -2.62. The topological polar surface area (TPSA) is 104 Å². The third-order valence-corrected chi connectivity index (χ3v) is 4.03. The summed E-state index contributed by atoms with van der Waals surface area (Å²) in [5.41, 5.74) is 8.93. The van der Waals surface area contributed by atoms with Gasteiger partial charge in [-0.15, -0.1) is 0 Å². The Labute approximate surface area is 147 Å². The van der Waals surface area contributed by atoms with Gasteiger partial charge in [0.25, 0.3) is 11.8 Å². The van der Waals surface area contributed by atoms with Crippen LogP contribution in [0.2, 0.25) is 0 Å². The van der Waals surface area contributed by atoms with Crippen molar-refractivity contribution in [1.29, 1.82) is 0 Å². The zero-order valence-corrected chi connectivity index (χ0v) is 14.4. The summed E-state index contributed by atoms with van der Waals surface area (Å²) in [6.45, 7) is 3.17. The predicted octanol–water partition coefficient (Wildman–Crippen LogP) is 1.49. The first-order valence-corrected chi connectivity index (χ1v) is 8.14. The molecule has 6 heteroatoms. The molecule has 1 unspecified atom stereocenters. The van der Waals surface area contributed by atoms with E-state index in [0.29, 0.717) is 5.56 Å². The highest BCUT2D eigenvalue weighted by molar-refractivity contribution is 5.97. The molecule has 1 aromatic carbocycles. The molecule has 1 aromatic rings. The highest BCUT2D eigenvalue weighted by Crippen LogP contribution is 2.24. The predicted molar refractivity (Wildman–Crippen MR) is 94.7 cm³/mol. The lowest BCUT2D eigenvalue weighted by Crippen LogP contribution is -2.61. The fourth-order valence-corrected chi connectivity index (χ4v) is 2.32. The molecule has 2 amide bonds. The molecule has 25 heavy (non-hydrogen) atoms. The van der Waals surface area contributed by atoms with E-state index in [-0.39, 0.29) is 0 Å². The summed E-state index contributed by atoms with van der Waals surface area (Å²) >= 11 is 0. The molecule has 1 fully saturated rings. The van der Waals surface area contributed by atoms with Crippen molar-refractivity contribution in [2.75, 3.05) is 0 Å². The second-order valence-corrected chi connectivity index (χ2v) is 6.71. The normalized spacial score (nSPS) is 14.5. The van der Waals surface area contributed by atoms with E-state index in [0.717, 1.165) is 18.4 Å². The first-order chi connectivity index (χ1) is 11.8. The standard InChI is InChI=1S/C19H23N3O3/c1-19(2,20)16(18(24)22-25)21-17(23)15-11-9-14(10-12-15)8-4-7-13-5-3-6-13/h7,9-12,16,25H,3,5-6,20H2,1-2H3,(H,21,23)(H,22,24). The smallest absolute Gasteiger partial charge is 0.267 e. The minimum atomic E-state index is -1.07. The highest BCUT2D eigenvalue weighted by atomic mass is 16.5. The number of carbonyl (C=O) groups excluding carboxylic acids is 2. The minimum Gasteiger partial charge on any atom is -0.338 e. The fraction of sp³-hybridized carbons (Fsp3) is 0.368. The maximum Gasteiger partial charge on any atom is 0.267 e. The largest absolute Gasteiger partial charge is 0.338 e. The van der Waals surface area contributed by atoms with Crippen LogP contribution < -0.4 is 16.5 Å². The van der Waals surface area contributed by atoms with E-state index < -0.39 is 23.4 Å². The molecule has 0 heterocycles. The van der Waals surface area contributed by atoms with Crippen molar-refractivity contribution in [3.8, 4) is 11.8 Å². The Bertz CT molecular complexity index is 728. The number of amides is 2. The molecule has 0 radical (unpaired) electrons. The van der Waals surface area contributed by atoms with Crippen LogP contribution in [0, 0.1) is 11.8 Å². The summed E-state index contributed by atoms with van der Waals surface area (Å²) in [5, 5.41) is 11.3. The summed E-state index contributed by atoms with van der Waals surface area (Å²) < 4.78 is 0. The number of hydrogen-bond donors (Lipinski definition) is 4. The van der Waals surface area contributed by atoms with E-state index >= 15 is 0 Å². The quantitative estimate of drug-likeness (QED) is 0.378. The van der Waals surface area contributed by atoms with Crippen molar-refractivity contribution in [3.63, 3.8) is 0 Å². The number of hydrogen-bond acceptors (Lipinski definition) is 4. The van der Waals surface area contributed by atoms with Gasteiger partial charge in [-0.05, 0) is 63.5 Å². The third kappa shape index (κ3) is 5.18. The molecule has 1 aliphatic rings. The van der Waals surface area contributed by atoms with Crippen LogP contribution in [0.25, 0.3) is 0 Å². The second kappa shape index (κ2) is 7.97. The summed E-state index contributed by atoms with van der Waals surface area (Å²) in [5.74, 6) is 4.82. The number of nitrogens with two attached hydrogens (primary N) is 1. The molecule has 6 nitrogen and oxygen atoms in total. The van der Waals surface area contributed by atoms with Crippen molar-refractivity contribution in [2.24, 2.45) is 5.73 Å². The Morgan fingerprint density at radius 2 is 1.92 bits per heavy atom. The molecule has 0 spiro atoms. The Balaban J connectivity index is 2.05. The van der Waals surface area contributed by atoms with Crippen molar-refractivity contribution in [3.05, 3.63) is 47.0 Å². The maximum atomic E-state index is 12.3. The van der Waals surface area contributed by atoms with E-state index in [4.69, 9.17) is 10.9 Å². The molecule has 2 rings (SSSR count). The summed E-state index contributed by atoms with van der Waals surface area (Å²) in [6.07, 6.45) is 5.46. The molecule has 1 saturated carbocycles. The van der Waals surface area contributed by atoms with E-state index in [2.05, 4.69) is 17.2 Å².